The normalized spacial score (nSPS) is 12.4. The molecule has 1 N–H and O–H groups in total. The van der Waals surface area contributed by atoms with Crippen molar-refractivity contribution in [3.8, 4) is 5.69 Å². The molecule has 0 aliphatic heterocycles. The van der Waals surface area contributed by atoms with E-state index in [1.54, 1.807) is 17.8 Å². The van der Waals surface area contributed by atoms with Gasteiger partial charge in [-0.3, -0.25) is 4.79 Å². The van der Waals surface area contributed by atoms with Crippen molar-refractivity contribution in [3.05, 3.63) is 48.5 Å². The Labute approximate surface area is 114 Å². The van der Waals surface area contributed by atoms with Crippen LogP contribution < -0.4 is 0 Å². The topological polar surface area (TPSA) is 80.9 Å². The quantitative estimate of drug-likeness (QED) is 0.785. The van der Waals surface area contributed by atoms with E-state index in [-0.39, 0.29) is 0 Å². The summed E-state index contributed by atoms with van der Waals surface area (Å²) in [6.07, 6.45) is 2.98. The average Bonchev–Trinajstić information content (AvgIpc) is 2.91. The first kappa shape index (κ1) is 12.3. The number of rotatable bonds is 3. The van der Waals surface area contributed by atoms with Gasteiger partial charge < -0.3 is 5.11 Å². The largest absolute Gasteiger partial charge is 0.481 e. The lowest BCUT2D eigenvalue weighted by atomic mass is 10.1. The van der Waals surface area contributed by atoms with Gasteiger partial charge >= 0.3 is 5.97 Å². The van der Waals surface area contributed by atoms with Crippen molar-refractivity contribution in [3.63, 3.8) is 0 Å². The van der Waals surface area contributed by atoms with Crippen molar-refractivity contribution in [1.29, 1.82) is 0 Å². The van der Waals surface area contributed by atoms with Gasteiger partial charge in [0, 0.05) is 0 Å². The third-order valence-electron chi connectivity index (χ3n) is 3.18. The zero-order valence-corrected chi connectivity index (χ0v) is 10.8. The number of para-hydroxylation sites is 1. The van der Waals surface area contributed by atoms with Crippen LogP contribution in [0.2, 0.25) is 0 Å². The van der Waals surface area contributed by atoms with Crippen LogP contribution in [0.5, 0.6) is 0 Å². The van der Waals surface area contributed by atoms with Crippen LogP contribution in [0.25, 0.3) is 16.7 Å². The first-order chi connectivity index (χ1) is 9.68. The summed E-state index contributed by atoms with van der Waals surface area (Å²) in [6, 6.07) is 9.56. The molecule has 0 spiro atoms. The van der Waals surface area contributed by atoms with E-state index in [4.69, 9.17) is 5.11 Å². The van der Waals surface area contributed by atoms with Gasteiger partial charge in [-0.25, -0.2) is 14.6 Å². The number of benzene rings is 1. The molecule has 0 saturated heterocycles. The molecule has 6 nitrogen and oxygen atoms in total. The molecule has 100 valence electrons. The van der Waals surface area contributed by atoms with Gasteiger partial charge in [0.15, 0.2) is 5.65 Å². The Balaban J connectivity index is 2.20. The highest BCUT2D eigenvalue weighted by molar-refractivity contribution is 5.85. The van der Waals surface area contributed by atoms with Crippen LogP contribution in [0.1, 0.15) is 18.5 Å². The molecule has 0 amide bonds. The summed E-state index contributed by atoms with van der Waals surface area (Å²) in [6.45, 7) is 1.60. The lowest BCUT2D eigenvalue weighted by molar-refractivity contribution is -0.138. The molecular weight excluding hydrogens is 256 g/mol. The molecule has 1 unspecified atom stereocenters. The Morgan fingerprint density at radius 3 is 2.70 bits per heavy atom. The number of fused-ring (bicyclic) bond motifs is 1. The molecule has 0 aliphatic rings. The minimum absolute atomic E-state index is 0.477. The average molecular weight is 268 g/mol. The van der Waals surface area contributed by atoms with E-state index < -0.39 is 11.9 Å². The molecule has 2 heterocycles. The van der Waals surface area contributed by atoms with E-state index in [1.165, 1.54) is 6.33 Å². The summed E-state index contributed by atoms with van der Waals surface area (Å²) in [7, 11) is 0. The van der Waals surface area contributed by atoms with E-state index in [9.17, 15) is 4.79 Å². The minimum atomic E-state index is -0.919. The van der Waals surface area contributed by atoms with Crippen molar-refractivity contribution in [2.75, 3.05) is 0 Å². The monoisotopic (exact) mass is 268 g/mol. The second-order valence-electron chi connectivity index (χ2n) is 4.45. The summed E-state index contributed by atoms with van der Waals surface area (Å²) in [4.78, 5) is 19.4. The van der Waals surface area contributed by atoms with Gasteiger partial charge in [-0.05, 0) is 19.1 Å². The van der Waals surface area contributed by atoms with Gasteiger partial charge in [0.05, 0.1) is 28.9 Å². The van der Waals surface area contributed by atoms with Gasteiger partial charge in [0.25, 0.3) is 0 Å². The number of aromatic nitrogens is 4. The molecule has 6 heteroatoms. The molecule has 3 rings (SSSR count). The molecule has 0 fully saturated rings. The smallest absolute Gasteiger partial charge is 0.312 e. The third-order valence-corrected chi connectivity index (χ3v) is 3.18. The van der Waals surface area contributed by atoms with Gasteiger partial charge in [0.1, 0.15) is 6.33 Å². The zero-order valence-electron chi connectivity index (χ0n) is 10.8. The van der Waals surface area contributed by atoms with Crippen molar-refractivity contribution < 1.29 is 9.90 Å². The summed E-state index contributed by atoms with van der Waals surface area (Å²) >= 11 is 0. The molecule has 0 aliphatic carbocycles. The molecule has 0 bridgehead atoms. The van der Waals surface area contributed by atoms with Crippen LogP contribution in [-0.2, 0) is 4.79 Å². The molecule has 0 saturated carbocycles. The van der Waals surface area contributed by atoms with Crippen molar-refractivity contribution in [2.45, 2.75) is 12.8 Å². The second kappa shape index (κ2) is 4.73. The van der Waals surface area contributed by atoms with Gasteiger partial charge in [-0.15, -0.1) is 0 Å². The van der Waals surface area contributed by atoms with Gasteiger partial charge in [-0.2, -0.15) is 5.10 Å². The number of carbonyl (C=O) groups is 1. The molecule has 3 aromatic rings. The van der Waals surface area contributed by atoms with Crippen LogP contribution in [0.15, 0.2) is 42.9 Å². The van der Waals surface area contributed by atoms with E-state index in [2.05, 4.69) is 15.1 Å². The lowest BCUT2D eigenvalue weighted by Gasteiger charge is -2.06. The summed E-state index contributed by atoms with van der Waals surface area (Å²) in [5.41, 5.74) is 1.95. The minimum Gasteiger partial charge on any atom is -0.481 e. The van der Waals surface area contributed by atoms with Gasteiger partial charge in [-0.1, -0.05) is 18.2 Å². The Morgan fingerprint density at radius 1 is 1.25 bits per heavy atom. The number of hydrogen-bond acceptors (Lipinski definition) is 4. The highest BCUT2D eigenvalue weighted by atomic mass is 16.4. The summed E-state index contributed by atoms with van der Waals surface area (Å²) in [5, 5.41) is 14.1. The van der Waals surface area contributed by atoms with Crippen molar-refractivity contribution in [1.82, 2.24) is 19.7 Å². The van der Waals surface area contributed by atoms with E-state index in [0.717, 1.165) is 5.69 Å². The Kier molecular flexibility index (Phi) is 2.90. The molecule has 0 radical (unpaired) electrons. The van der Waals surface area contributed by atoms with E-state index >= 15 is 0 Å². The molecule has 2 aromatic heterocycles. The predicted octanol–water partition coefficient (Wildman–Crippen LogP) is 2.00. The standard InChI is InChI=1S/C14H12N4O2/c1-9(14(19)20)12-11-7-17-18(13(11)16-8-15-12)10-5-3-2-4-6-10/h2-9H,1H3,(H,19,20). The predicted molar refractivity (Wildman–Crippen MR) is 72.7 cm³/mol. The number of carboxylic acid groups (broad SMARTS) is 1. The van der Waals surface area contributed by atoms with Gasteiger partial charge in [0.2, 0.25) is 0 Å². The van der Waals surface area contributed by atoms with Crippen LogP contribution in [0.4, 0.5) is 0 Å². The SMILES string of the molecule is CC(C(=O)O)c1ncnc2c1cnn2-c1ccccc1. The van der Waals surface area contributed by atoms with Crippen LogP contribution in [0.3, 0.4) is 0 Å². The third kappa shape index (κ3) is 1.91. The first-order valence-corrected chi connectivity index (χ1v) is 6.15. The molecule has 20 heavy (non-hydrogen) atoms. The Bertz CT molecular complexity index is 767. The van der Waals surface area contributed by atoms with Crippen molar-refractivity contribution >= 4 is 17.0 Å². The Morgan fingerprint density at radius 2 is 2.00 bits per heavy atom. The fourth-order valence-corrected chi connectivity index (χ4v) is 2.08. The maximum Gasteiger partial charge on any atom is 0.312 e. The first-order valence-electron chi connectivity index (χ1n) is 6.15. The van der Waals surface area contributed by atoms with Crippen LogP contribution >= 0.6 is 0 Å². The van der Waals surface area contributed by atoms with E-state index in [1.807, 2.05) is 30.3 Å². The van der Waals surface area contributed by atoms with E-state index in [0.29, 0.717) is 16.7 Å². The fourth-order valence-electron chi connectivity index (χ4n) is 2.08. The maximum absolute atomic E-state index is 11.1. The Hall–Kier alpha value is -2.76. The number of carboxylic acids is 1. The summed E-state index contributed by atoms with van der Waals surface area (Å²) < 4.78 is 1.68. The summed E-state index contributed by atoms with van der Waals surface area (Å²) in [5.74, 6) is -1.62. The van der Waals surface area contributed by atoms with Crippen LogP contribution in [-0.4, -0.2) is 30.8 Å². The number of hydrogen-bond donors (Lipinski definition) is 1. The second-order valence-corrected chi connectivity index (χ2v) is 4.45. The lowest BCUT2D eigenvalue weighted by Crippen LogP contribution is -2.10. The molecule has 1 aromatic carbocycles. The highest BCUT2D eigenvalue weighted by Crippen LogP contribution is 2.23. The highest BCUT2D eigenvalue weighted by Gasteiger charge is 2.20. The van der Waals surface area contributed by atoms with Crippen molar-refractivity contribution in [2.24, 2.45) is 0 Å². The van der Waals surface area contributed by atoms with Crippen LogP contribution in [0, 0.1) is 0 Å². The fraction of sp³-hybridized carbons (Fsp3) is 0.143. The number of aliphatic carboxylic acids is 1. The molecular formula is C14H12N4O2. The number of nitrogens with zero attached hydrogens (tertiary/aromatic N) is 4. The molecule has 1 atom stereocenters. The maximum atomic E-state index is 11.1. The zero-order chi connectivity index (χ0) is 14.1.